The first kappa shape index (κ1) is 15.3. The molecule has 2 aromatic carbocycles. The molecule has 0 radical (unpaired) electrons. The average Bonchev–Trinajstić information content (AvgIpc) is 2.52. The van der Waals surface area contributed by atoms with Crippen LogP contribution < -0.4 is 5.32 Å². The van der Waals surface area contributed by atoms with E-state index in [0.717, 1.165) is 17.5 Å². The first-order valence-electron chi connectivity index (χ1n) is 7.78. The molecule has 0 unspecified atom stereocenters. The van der Waals surface area contributed by atoms with Crippen LogP contribution in [0.5, 0.6) is 0 Å². The Labute approximate surface area is 135 Å². The molecular formula is C19H19NO3. The van der Waals surface area contributed by atoms with Crippen LogP contribution in [0, 0.1) is 5.41 Å². The largest absolute Gasteiger partial charge is 0.481 e. The Bertz CT molecular complexity index is 720. The van der Waals surface area contributed by atoms with E-state index in [9.17, 15) is 14.7 Å². The van der Waals surface area contributed by atoms with E-state index in [4.69, 9.17) is 0 Å². The van der Waals surface area contributed by atoms with E-state index in [1.54, 1.807) is 0 Å². The van der Waals surface area contributed by atoms with Crippen LogP contribution in [0.2, 0.25) is 0 Å². The summed E-state index contributed by atoms with van der Waals surface area (Å²) in [7, 11) is 0. The molecule has 0 saturated heterocycles. The molecule has 1 aliphatic carbocycles. The van der Waals surface area contributed by atoms with E-state index in [1.807, 2.05) is 54.6 Å². The van der Waals surface area contributed by atoms with Crippen molar-refractivity contribution >= 4 is 17.6 Å². The highest BCUT2D eigenvalue weighted by Crippen LogP contribution is 2.44. The van der Waals surface area contributed by atoms with Crippen LogP contribution in [-0.2, 0) is 9.59 Å². The highest BCUT2D eigenvalue weighted by molar-refractivity contribution is 5.97. The van der Waals surface area contributed by atoms with Crippen molar-refractivity contribution in [3.05, 3.63) is 54.6 Å². The van der Waals surface area contributed by atoms with Crippen molar-refractivity contribution in [2.24, 2.45) is 5.41 Å². The van der Waals surface area contributed by atoms with Crippen LogP contribution in [0.4, 0.5) is 5.69 Å². The molecule has 2 aromatic rings. The number of anilines is 1. The smallest absolute Gasteiger partial charge is 0.310 e. The highest BCUT2D eigenvalue weighted by Gasteiger charge is 2.45. The van der Waals surface area contributed by atoms with Crippen LogP contribution in [0.25, 0.3) is 11.1 Å². The first-order chi connectivity index (χ1) is 11.1. The maximum Gasteiger partial charge on any atom is 0.310 e. The van der Waals surface area contributed by atoms with E-state index in [1.165, 1.54) is 0 Å². The first-order valence-corrected chi connectivity index (χ1v) is 7.78. The molecule has 4 nitrogen and oxygen atoms in total. The number of hydrogen-bond donors (Lipinski definition) is 2. The molecule has 0 atom stereocenters. The summed E-state index contributed by atoms with van der Waals surface area (Å²) < 4.78 is 0. The zero-order chi connectivity index (χ0) is 16.3. The predicted octanol–water partition coefficient (Wildman–Crippen LogP) is 3.94. The molecule has 1 fully saturated rings. The predicted molar refractivity (Wildman–Crippen MR) is 89.0 cm³/mol. The van der Waals surface area contributed by atoms with Gasteiger partial charge in [-0.05, 0) is 24.5 Å². The molecule has 0 aliphatic heterocycles. The topological polar surface area (TPSA) is 66.4 Å². The maximum atomic E-state index is 12.3. The number of benzene rings is 2. The number of carbonyl (C=O) groups is 2. The SMILES string of the molecule is O=C(CC1(C(=O)O)CCC1)Nc1ccccc1-c1ccccc1. The Morgan fingerprint density at radius 3 is 2.26 bits per heavy atom. The van der Waals surface area contributed by atoms with Crippen molar-refractivity contribution in [3.63, 3.8) is 0 Å². The number of rotatable bonds is 5. The quantitative estimate of drug-likeness (QED) is 0.879. The standard InChI is InChI=1S/C19H19NO3/c21-17(13-19(18(22)23)11-6-12-19)20-16-10-5-4-9-15(16)14-7-2-1-3-8-14/h1-5,7-10H,6,11-13H2,(H,20,21)(H,22,23). The van der Waals surface area contributed by atoms with Crippen LogP contribution >= 0.6 is 0 Å². The maximum absolute atomic E-state index is 12.3. The van der Waals surface area contributed by atoms with Crippen molar-refractivity contribution in [2.45, 2.75) is 25.7 Å². The van der Waals surface area contributed by atoms with Crippen molar-refractivity contribution in [3.8, 4) is 11.1 Å². The number of para-hydroxylation sites is 1. The summed E-state index contributed by atoms with van der Waals surface area (Å²) >= 11 is 0. The Balaban J connectivity index is 1.78. The minimum atomic E-state index is -0.869. The Morgan fingerprint density at radius 2 is 1.65 bits per heavy atom. The number of carboxylic acids is 1. The minimum absolute atomic E-state index is 0.0332. The summed E-state index contributed by atoms with van der Waals surface area (Å²) in [6.45, 7) is 0. The van der Waals surface area contributed by atoms with Gasteiger partial charge in [-0.15, -0.1) is 0 Å². The van der Waals surface area contributed by atoms with Gasteiger partial charge in [0.2, 0.25) is 5.91 Å². The molecule has 2 N–H and O–H groups in total. The van der Waals surface area contributed by atoms with Gasteiger partial charge in [0.25, 0.3) is 0 Å². The number of carbonyl (C=O) groups excluding carboxylic acids is 1. The fraction of sp³-hybridized carbons (Fsp3) is 0.263. The molecule has 0 heterocycles. The van der Waals surface area contributed by atoms with Crippen LogP contribution in [0.15, 0.2) is 54.6 Å². The Hall–Kier alpha value is -2.62. The van der Waals surface area contributed by atoms with Gasteiger partial charge in [-0.2, -0.15) is 0 Å². The third kappa shape index (κ3) is 3.11. The van der Waals surface area contributed by atoms with Gasteiger partial charge in [0.1, 0.15) is 0 Å². The average molecular weight is 309 g/mol. The summed E-state index contributed by atoms with van der Waals surface area (Å²) in [5.74, 6) is -1.11. The van der Waals surface area contributed by atoms with Crippen LogP contribution in [-0.4, -0.2) is 17.0 Å². The lowest BCUT2D eigenvalue weighted by atomic mass is 9.66. The molecule has 3 rings (SSSR count). The van der Waals surface area contributed by atoms with Gasteiger partial charge in [0, 0.05) is 17.7 Å². The van der Waals surface area contributed by atoms with E-state index >= 15 is 0 Å². The molecule has 1 amide bonds. The molecule has 23 heavy (non-hydrogen) atoms. The summed E-state index contributed by atoms with van der Waals surface area (Å²) in [4.78, 5) is 23.7. The minimum Gasteiger partial charge on any atom is -0.481 e. The molecule has 1 aliphatic rings. The van der Waals surface area contributed by atoms with Crippen molar-refractivity contribution < 1.29 is 14.7 Å². The summed E-state index contributed by atoms with van der Waals surface area (Å²) in [6, 6.07) is 17.4. The zero-order valence-electron chi connectivity index (χ0n) is 12.8. The second kappa shape index (κ2) is 6.24. The monoisotopic (exact) mass is 309 g/mol. The van der Waals surface area contributed by atoms with Crippen molar-refractivity contribution in [2.75, 3.05) is 5.32 Å². The summed E-state index contributed by atoms with van der Waals surface area (Å²) in [6.07, 6.45) is 2.07. The van der Waals surface area contributed by atoms with Crippen LogP contribution in [0.3, 0.4) is 0 Å². The van der Waals surface area contributed by atoms with Gasteiger partial charge < -0.3 is 10.4 Å². The summed E-state index contributed by atoms with van der Waals surface area (Å²) in [5, 5.41) is 12.2. The fourth-order valence-corrected chi connectivity index (χ4v) is 3.03. The molecular weight excluding hydrogens is 290 g/mol. The Kier molecular flexibility index (Phi) is 4.15. The second-order valence-corrected chi connectivity index (χ2v) is 6.08. The molecule has 4 heteroatoms. The van der Waals surface area contributed by atoms with E-state index in [0.29, 0.717) is 18.5 Å². The van der Waals surface area contributed by atoms with Gasteiger partial charge in [0.05, 0.1) is 5.41 Å². The zero-order valence-corrected chi connectivity index (χ0v) is 12.8. The summed E-state index contributed by atoms with van der Waals surface area (Å²) in [5.41, 5.74) is 1.79. The molecule has 118 valence electrons. The molecule has 0 aromatic heterocycles. The van der Waals surface area contributed by atoms with Gasteiger partial charge >= 0.3 is 5.97 Å². The lowest BCUT2D eigenvalue weighted by molar-refractivity contribution is -0.157. The second-order valence-electron chi connectivity index (χ2n) is 6.08. The van der Waals surface area contributed by atoms with Crippen LogP contribution in [0.1, 0.15) is 25.7 Å². The van der Waals surface area contributed by atoms with E-state index in [-0.39, 0.29) is 12.3 Å². The normalized spacial score (nSPS) is 15.5. The number of hydrogen-bond acceptors (Lipinski definition) is 2. The molecule has 1 saturated carbocycles. The Morgan fingerprint density at radius 1 is 1.00 bits per heavy atom. The lowest BCUT2D eigenvalue weighted by Gasteiger charge is -2.36. The molecule has 0 spiro atoms. The van der Waals surface area contributed by atoms with Gasteiger partial charge in [-0.25, -0.2) is 0 Å². The lowest BCUT2D eigenvalue weighted by Crippen LogP contribution is -2.41. The van der Waals surface area contributed by atoms with Gasteiger partial charge in [-0.1, -0.05) is 55.0 Å². The fourth-order valence-electron chi connectivity index (χ4n) is 3.03. The third-order valence-electron chi connectivity index (χ3n) is 4.55. The van der Waals surface area contributed by atoms with E-state index in [2.05, 4.69) is 5.32 Å². The van der Waals surface area contributed by atoms with Gasteiger partial charge in [-0.3, -0.25) is 9.59 Å². The highest BCUT2D eigenvalue weighted by atomic mass is 16.4. The molecule has 0 bridgehead atoms. The number of carboxylic acid groups (broad SMARTS) is 1. The number of amides is 1. The number of nitrogens with one attached hydrogen (secondary N) is 1. The van der Waals surface area contributed by atoms with E-state index < -0.39 is 11.4 Å². The number of aliphatic carboxylic acids is 1. The van der Waals surface area contributed by atoms with Crippen molar-refractivity contribution in [1.82, 2.24) is 0 Å². The van der Waals surface area contributed by atoms with Gasteiger partial charge in [0.15, 0.2) is 0 Å². The third-order valence-corrected chi connectivity index (χ3v) is 4.55. The van der Waals surface area contributed by atoms with Crippen molar-refractivity contribution in [1.29, 1.82) is 0 Å².